The Morgan fingerprint density at radius 1 is 1.41 bits per heavy atom. The second-order valence-electron chi connectivity index (χ2n) is 6.40. The molecule has 1 unspecified atom stereocenters. The zero-order valence-corrected chi connectivity index (χ0v) is 14.4. The summed E-state index contributed by atoms with van der Waals surface area (Å²) in [7, 11) is -1.56. The maximum atomic E-state index is 6.18. The van der Waals surface area contributed by atoms with Gasteiger partial charge in [-0.25, -0.2) is 0 Å². The van der Waals surface area contributed by atoms with Gasteiger partial charge < -0.3 is 4.43 Å². The molecule has 1 fully saturated rings. The van der Waals surface area contributed by atoms with E-state index in [2.05, 4.69) is 60.0 Å². The molecule has 1 aliphatic heterocycles. The standard InChI is InChI=1S/C12H27BrN2OSi/c1-12(2,3)17(4,5)16-7-6-15-9-11(8-13)14-10-15/h11,14H,6-10H2,1-5H3. The van der Waals surface area contributed by atoms with Crippen LogP contribution in [0.4, 0.5) is 0 Å². The lowest BCUT2D eigenvalue weighted by Gasteiger charge is -2.36. The normalized spacial score (nSPS) is 23.3. The summed E-state index contributed by atoms with van der Waals surface area (Å²) in [5.41, 5.74) is 0. The van der Waals surface area contributed by atoms with Gasteiger partial charge in [0.1, 0.15) is 0 Å². The van der Waals surface area contributed by atoms with Crippen LogP contribution in [-0.2, 0) is 4.43 Å². The van der Waals surface area contributed by atoms with Gasteiger partial charge in [0.15, 0.2) is 8.32 Å². The highest BCUT2D eigenvalue weighted by atomic mass is 79.9. The molecular weight excluding hydrogens is 296 g/mol. The quantitative estimate of drug-likeness (QED) is 0.622. The molecule has 1 aliphatic rings. The van der Waals surface area contributed by atoms with Crippen molar-refractivity contribution in [3.05, 3.63) is 0 Å². The molecule has 0 spiro atoms. The molecule has 3 nitrogen and oxygen atoms in total. The van der Waals surface area contributed by atoms with Crippen LogP contribution in [0.2, 0.25) is 18.1 Å². The first kappa shape index (κ1) is 15.6. The summed E-state index contributed by atoms with van der Waals surface area (Å²) in [5.74, 6) is 0. The van der Waals surface area contributed by atoms with Crippen LogP contribution in [0.25, 0.3) is 0 Å². The molecule has 1 rings (SSSR count). The predicted octanol–water partition coefficient (Wildman–Crippen LogP) is 2.63. The van der Waals surface area contributed by atoms with Crippen molar-refractivity contribution in [3.63, 3.8) is 0 Å². The van der Waals surface area contributed by atoms with E-state index in [1.165, 1.54) is 0 Å². The topological polar surface area (TPSA) is 24.5 Å². The van der Waals surface area contributed by atoms with E-state index in [-0.39, 0.29) is 0 Å². The lowest BCUT2D eigenvalue weighted by atomic mass is 10.2. The third kappa shape index (κ3) is 4.63. The summed E-state index contributed by atoms with van der Waals surface area (Å²) < 4.78 is 6.18. The third-order valence-electron chi connectivity index (χ3n) is 3.95. The fourth-order valence-corrected chi connectivity index (χ4v) is 3.09. The number of hydrogen-bond acceptors (Lipinski definition) is 3. The van der Waals surface area contributed by atoms with Crippen LogP contribution in [0.5, 0.6) is 0 Å². The molecule has 102 valence electrons. The van der Waals surface area contributed by atoms with E-state index in [0.29, 0.717) is 11.1 Å². The minimum atomic E-state index is -1.56. The molecular formula is C12H27BrN2OSi. The van der Waals surface area contributed by atoms with Crippen LogP contribution in [0, 0.1) is 0 Å². The van der Waals surface area contributed by atoms with Gasteiger partial charge in [0, 0.05) is 37.7 Å². The molecule has 0 bridgehead atoms. The molecule has 0 radical (unpaired) electrons. The summed E-state index contributed by atoms with van der Waals surface area (Å²) in [6, 6.07) is 0.600. The van der Waals surface area contributed by atoms with Crippen molar-refractivity contribution in [2.45, 2.75) is 44.9 Å². The van der Waals surface area contributed by atoms with Crippen molar-refractivity contribution in [2.75, 3.05) is 31.7 Å². The molecule has 17 heavy (non-hydrogen) atoms. The molecule has 0 saturated carbocycles. The Morgan fingerprint density at radius 2 is 2.06 bits per heavy atom. The first-order valence-corrected chi connectivity index (χ1v) is 10.4. The monoisotopic (exact) mass is 322 g/mol. The Kier molecular flexibility index (Phi) is 5.65. The summed E-state index contributed by atoms with van der Waals surface area (Å²) in [4.78, 5) is 2.43. The van der Waals surface area contributed by atoms with Crippen molar-refractivity contribution < 1.29 is 4.43 Å². The fraction of sp³-hybridized carbons (Fsp3) is 1.00. The number of rotatable bonds is 5. The molecule has 0 amide bonds. The molecule has 0 aromatic carbocycles. The van der Waals surface area contributed by atoms with E-state index in [9.17, 15) is 0 Å². The minimum absolute atomic E-state index is 0.314. The van der Waals surface area contributed by atoms with Gasteiger partial charge in [-0.05, 0) is 18.1 Å². The van der Waals surface area contributed by atoms with Crippen LogP contribution < -0.4 is 5.32 Å². The second-order valence-corrected chi connectivity index (χ2v) is 11.9. The summed E-state index contributed by atoms with van der Waals surface area (Å²) in [5, 5.41) is 4.82. The smallest absolute Gasteiger partial charge is 0.192 e. The average molecular weight is 323 g/mol. The van der Waals surface area contributed by atoms with Crippen molar-refractivity contribution in [1.29, 1.82) is 0 Å². The number of hydrogen-bond donors (Lipinski definition) is 1. The van der Waals surface area contributed by atoms with Gasteiger partial charge in [-0.15, -0.1) is 0 Å². The van der Waals surface area contributed by atoms with E-state index < -0.39 is 8.32 Å². The average Bonchev–Trinajstić information content (AvgIpc) is 2.63. The predicted molar refractivity (Wildman–Crippen MR) is 80.3 cm³/mol. The number of nitrogens with one attached hydrogen (secondary N) is 1. The van der Waals surface area contributed by atoms with Crippen molar-refractivity contribution in [3.8, 4) is 0 Å². The van der Waals surface area contributed by atoms with Gasteiger partial charge in [-0.1, -0.05) is 36.7 Å². The van der Waals surface area contributed by atoms with E-state index in [1.807, 2.05) is 0 Å². The van der Waals surface area contributed by atoms with E-state index in [0.717, 1.165) is 31.7 Å². The van der Waals surface area contributed by atoms with Gasteiger partial charge in [0.25, 0.3) is 0 Å². The molecule has 5 heteroatoms. The van der Waals surface area contributed by atoms with Gasteiger partial charge in [0.2, 0.25) is 0 Å². The Hall–Kier alpha value is 0.577. The van der Waals surface area contributed by atoms with Crippen LogP contribution in [0.1, 0.15) is 20.8 Å². The Labute approximate surface area is 116 Å². The number of alkyl halides is 1. The van der Waals surface area contributed by atoms with Crippen LogP contribution in [0.3, 0.4) is 0 Å². The van der Waals surface area contributed by atoms with E-state index in [1.54, 1.807) is 0 Å². The van der Waals surface area contributed by atoms with Crippen LogP contribution >= 0.6 is 15.9 Å². The molecule has 0 aromatic heterocycles. The highest BCUT2D eigenvalue weighted by molar-refractivity contribution is 9.09. The van der Waals surface area contributed by atoms with Gasteiger partial charge in [-0.2, -0.15) is 0 Å². The minimum Gasteiger partial charge on any atom is -0.416 e. The SMILES string of the molecule is CC(C)(C)[Si](C)(C)OCCN1CNC(CBr)C1. The number of nitrogens with zero attached hydrogens (tertiary/aromatic N) is 1. The van der Waals surface area contributed by atoms with Crippen LogP contribution in [0.15, 0.2) is 0 Å². The van der Waals surface area contributed by atoms with E-state index >= 15 is 0 Å². The zero-order chi connectivity index (χ0) is 13.1. The van der Waals surface area contributed by atoms with Crippen molar-refractivity contribution in [1.82, 2.24) is 10.2 Å². The van der Waals surface area contributed by atoms with Gasteiger partial charge in [-0.3, -0.25) is 10.2 Å². The van der Waals surface area contributed by atoms with E-state index in [4.69, 9.17) is 4.43 Å². The van der Waals surface area contributed by atoms with Crippen molar-refractivity contribution in [2.24, 2.45) is 0 Å². The third-order valence-corrected chi connectivity index (χ3v) is 9.26. The largest absolute Gasteiger partial charge is 0.416 e. The zero-order valence-electron chi connectivity index (χ0n) is 11.8. The molecule has 1 heterocycles. The second kappa shape index (κ2) is 6.15. The maximum Gasteiger partial charge on any atom is 0.192 e. The lowest BCUT2D eigenvalue weighted by molar-refractivity contribution is 0.220. The molecule has 0 aliphatic carbocycles. The first-order valence-electron chi connectivity index (χ1n) is 6.42. The molecule has 1 N–H and O–H groups in total. The first-order chi connectivity index (χ1) is 7.76. The summed E-state index contributed by atoms with van der Waals surface area (Å²) >= 11 is 3.52. The Bertz CT molecular complexity index is 243. The van der Waals surface area contributed by atoms with Gasteiger partial charge in [0.05, 0.1) is 0 Å². The summed E-state index contributed by atoms with van der Waals surface area (Å²) in [6.45, 7) is 15.5. The lowest BCUT2D eigenvalue weighted by Crippen LogP contribution is -2.42. The maximum absolute atomic E-state index is 6.18. The number of halogens is 1. The van der Waals surface area contributed by atoms with Crippen molar-refractivity contribution >= 4 is 24.2 Å². The highest BCUT2D eigenvalue weighted by Gasteiger charge is 2.37. The molecule has 1 saturated heterocycles. The molecule has 1 atom stereocenters. The molecule has 0 aromatic rings. The highest BCUT2D eigenvalue weighted by Crippen LogP contribution is 2.36. The summed E-state index contributed by atoms with van der Waals surface area (Å²) in [6.07, 6.45) is 0. The Balaban J connectivity index is 2.25. The fourth-order valence-electron chi connectivity index (χ4n) is 1.62. The van der Waals surface area contributed by atoms with Crippen LogP contribution in [-0.4, -0.2) is 51.0 Å². The Morgan fingerprint density at radius 3 is 2.53 bits per heavy atom. The van der Waals surface area contributed by atoms with Gasteiger partial charge >= 0.3 is 0 Å².